The number of anilines is 2. The molecule has 1 saturated carbocycles. The van der Waals surface area contributed by atoms with E-state index in [-0.39, 0.29) is 0 Å². The summed E-state index contributed by atoms with van der Waals surface area (Å²) in [7, 11) is 0. The Labute approximate surface area is 118 Å². The van der Waals surface area contributed by atoms with Gasteiger partial charge in [0.1, 0.15) is 0 Å². The molecule has 1 aliphatic rings. The molecule has 2 aromatic rings. The van der Waals surface area contributed by atoms with Crippen LogP contribution in [0.4, 0.5) is 11.6 Å². The number of nitrogens with two attached hydrogens (primary N) is 1. The first kappa shape index (κ1) is 13.2. The zero-order valence-corrected chi connectivity index (χ0v) is 11.8. The van der Waals surface area contributed by atoms with Gasteiger partial charge in [0, 0.05) is 18.4 Å². The number of aromatic nitrogens is 3. The Bertz CT molecular complexity index is 578. The van der Waals surface area contributed by atoms with Crippen molar-refractivity contribution in [2.45, 2.75) is 45.1 Å². The summed E-state index contributed by atoms with van der Waals surface area (Å²) in [6, 6.07) is 0.457. The molecule has 0 aromatic carbocycles. The molecule has 1 fully saturated rings. The van der Waals surface area contributed by atoms with Gasteiger partial charge >= 0.3 is 0 Å². The molecule has 0 radical (unpaired) electrons. The number of imidazole rings is 1. The van der Waals surface area contributed by atoms with Gasteiger partial charge in [-0.2, -0.15) is 0 Å². The van der Waals surface area contributed by atoms with Crippen LogP contribution in [0.5, 0.6) is 0 Å². The van der Waals surface area contributed by atoms with Gasteiger partial charge in [-0.15, -0.1) is 0 Å². The van der Waals surface area contributed by atoms with Crippen LogP contribution in [-0.4, -0.2) is 20.4 Å². The van der Waals surface area contributed by atoms with Gasteiger partial charge in [-0.3, -0.25) is 0 Å². The average molecular weight is 274 g/mol. The topological polar surface area (TPSA) is 80.3 Å². The lowest BCUT2D eigenvalue weighted by Gasteiger charge is -2.23. The largest absolute Gasteiger partial charge is 0.364 e. The number of nitrogen functional groups attached to an aromatic ring is 1. The number of nitrogens with one attached hydrogen (secondary N) is 2. The van der Waals surface area contributed by atoms with Crippen LogP contribution in [0.25, 0.3) is 5.65 Å². The highest BCUT2D eigenvalue weighted by Gasteiger charge is 2.21. The first-order valence-electron chi connectivity index (χ1n) is 7.35. The van der Waals surface area contributed by atoms with E-state index in [2.05, 4.69) is 27.6 Å². The Morgan fingerprint density at radius 1 is 1.30 bits per heavy atom. The lowest BCUT2D eigenvalue weighted by Crippen LogP contribution is -2.27. The molecule has 3 rings (SSSR count). The van der Waals surface area contributed by atoms with Crippen molar-refractivity contribution in [1.82, 2.24) is 14.4 Å². The van der Waals surface area contributed by atoms with Crippen LogP contribution in [0, 0.1) is 5.92 Å². The number of hydrazine groups is 1. The van der Waals surface area contributed by atoms with Gasteiger partial charge in [0.2, 0.25) is 0 Å². The number of hydrogen-bond acceptors (Lipinski definition) is 5. The second-order valence-corrected chi connectivity index (χ2v) is 5.64. The van der Waals surface area contributed by atoms with Gasteiger partial charge in [0.05, 0.1) is 6.20 Å². The Morgan fingerprint density at radius 3 is 3.00 bits per heavy atom. The van der Waals surface area contributed by atoms with E-state index in [0.717, 1.165) is 11.5 Å². The third-order valence-electron chi connectivity index (χ3n) is 4.21. The summed E-state index contributed by atoms with van der Waals surface area (Å²) in [5, 5.41) is 3.58. The Kier molecular flexibility index (Phi) is 3.73. The van der Waals surface area contributed by atoms with Gasteiger partial charge in [-0.05, 0) is 18.8 Å². The first-order chi connectivity index (χ1) is 9.78. The van der Waals surface area contributed by atoms with Gasteiger partial charge in [0.25, 0.3) is 0 Å². The van der Waals surface area contributed by atoms with Gasteiger partial charge in [0.15, 0.2) is 17.3 Å². The van der Waals surface area contributed by atoms with Crippen molar-refractivity contribution in [3.05, 3.63) is 18.6 Å². The average Bonchev–Trinajstić information content (AvgIpc) is 2.84. The summed E-state index contributed by atoms with van der Waals surface area (Å²) >= 11 is 0. The van der Waals surface area contributed by atoms with Crippen molar-refractivity contribution in [1.29, 1.82) is 0 Å². The smallest absolute Gasteiger partial charge is 0.180 e. The molecule has 0 bridgehead atoms. The van der Waals surface area contributed by atoms with Crippen LogP contribution in [0.15, 0.2) is 18.6 Å². The first-order valence-corrected chi connectivity index (χ1v) is 7.35. The molecule has 20 heavy (non-hydrogen) atoms. The van der Waals surface area contributed by atoms with Crippen LogP contribution in [0.2, 0.25) is 0 Å². The number of rotatable bonds is 3. The van der Waals surface area contributed by atoms with Crippen molar-refractivity contribution in [3.8, 4) is 0 Å². The molecular weight excluding hydrogens is 252 g/mol. The van der Waals surface area contributed by atoms with E-state index in [1.807, 2.05) is 16.8 Å². The molecular formula is C14H22N6. The van der Waals surface area contributed by atoms with Crippen molar-refractivity contribution in [2.24, 2.45) is 11.8 Å². The second kappa shape index (κ2) is 5.66. The summed E-state index contributed by atoms with van der Waals surface area (Å²) in [5.74, 6) is 7.59. The van der Waals surface area contributed by atoms with Crippen molar-refractivity contribution < 1.29 is 0 Å². The molecule has 0 saturated heterocycles. The highest BCUT2D eigenvalue weighted by Crippen LogP contribution is 2.27. The fourth-order valence-electron chi connectivity index (χ4n) is 2.98. The summed E-state index contributed by atoms with van der Waals surface area (Å²) in [6.07, 6.45) is 11.9. The third kappa shape index (κ3) is 2.56. The molecule has 0 aliphatic heterocycles. The second-order valence-electron chi connectivity index (χ2n) is 5.64. The Balaban J connectivity index is 1.90. The minimum absolute atomic E-state index is 0.457. The van der Waals surface area contributed by atoms with E-state index in [1.54, 1.807) is 6.20 Å². The van der Waals surface area contributed by atoms with Crippen LogP contribution >= 0.6 is 0 Å². The van der Waals surface area contributed by atoms with E-state index in [9.17, 15) is 0 Å². The van der Waals surface area contributed by atoms with Crippen molar-refractivity contribution >= 4 is 17.3 Å². The molecule has 2 unspecified atom stereocenters. The molecule has 4 N–H and O–H groups in total. The van der Waals surface area contributed by atoms with Crippen LogP contribution in [-0.2, 0) is 0 Å². The van der Waals surface area contributed by atoms with Crippen LogP contribution in [0.1, 0.15) is 39.0 Å². The lowest BCUT2D eigenvalue weighted by molar-refractivity contribution is 0.456. The van der Waals surface area contributed by atoms with Crippen LogP contribution < -0.4 is 16.6 Å². The SMILES string of the molecule is CC1CCCCCC1Nc1nc(NN)cn2ccnc12. The summed E-state index contributed by atoms with van der Waals surface area (Å²) in [5.41, 5.74) is 3.46. The maximum absolute atomic E-state index is 5.49. The fourth-order valence-corrected chi connectivity index (χ4v) is 2.98. The summed E-state index contributed by atoms with van der Waals surface area (Å²) in [6.45, 7) is 2.32. The summed E-state index contributed by atoms with van der Waals surface area (Å²) < 4.78 is 1.94. The van der Waals surface area contributed by atoms with Gasteiger partial charge < -0.3 is 15.1 Å². The molecule has 0 spiro atoms. The molecule has 6 heteroatoms. The fraction of sp³-hybridized carbons (Fsp3) is 0.571. The van der Waals surface area contributed by atoms with E-state index < -0.39 is 0 Å². The van der Waals surface area contributed by atoms with Crippen molar-refractivity contribution in [2.75, 3.05) is 10.7 Å². The minimum atomic E-state index is 0.457. The Morgan fingerprint density at radius 2 is 2.15 bits per heavy atom. The minimum Gasteiger partial charge on any atom is -0.364 e. The summed E-state index contributed by atoms with van der Waals surface area (Å²) in [4.78, 5) is 8.90. The number of nitrogens with zero attached hydrogens (tertiary/aromatic N) is 3. The third-order valence-corrected chi connectivity index (χ3v) is 4.21. The normalized spacial score (nSPS) is 23.5. The molecule has 1 aliphatic carbocycles. The zero-order valence-electron chi connectivity index (χ0n) is 11.8. The van der Waals surface area contributed by atoms with Gasteiger partial charge in [-0.1, -0.05) is 26.2 Å². The predicted octanol–water partition coefficient (Wildman–Crippen LogP) is 2.40. The van der Waals surface area contributed by atoms with E-state index >= 15 is 0 Å². The predicted molar refractivity (Wildman–Crippen MR) is 80.5 cm³/mol. The standard InChI is InChI=1S/C14H22N6/c1-10-5-3-2-4-6-11(10)17-13-14-16-7-8-20(14)9-12(18-13)19-15/h7-11,19H,2-6,15H2,1H3,(H,17,18). The van der Waals surface area contributed by atoms with E-state index in [0.29, 0.717) is 17.8 Å². The van der Waals surface area contributed by atoms with Crippen LogP contribution in [0.3, 0.4) is 0 Å². The highest BCUT2D eigenvalue weighted by molar-refractivity contribution is 5.65. The zero-order chi connectivity index (χ0) is 13.9. The molecule has 6 nitrogen and oxygen atoms in total. The molecule has 108 valence electrons. The monoisotopic (exact) mass is 274 g/mol. The van der Waals surface area contributed by atoms with Gasteiger partial charge in [-0.25, -0.2) is 15.8 Å². The van der Waals surface area contributed by atoms with Crippen molar-refractivity contribution in [3.63, 3.8) is 0 Å². The number of hydrogen-bond donors (Lipinski definition) is 3. The molecule has 2 aromatic heterocycles. The highest BCUT2D eigenvalue weighted by atomic mass is 15.3. The number of fused-ring (bicyclic) bond motifs is 1. The molecule has 0 amide bonds. The molecule has 2 atom stereocenters. The Hall–Kier alpha value is -1.82. The maximum atomic E-state index is 5.49. The van der Waals surface area contributed by atoms with E-state index in [1.165, 1.54) is 32.1 Å². The molecule has 2 heterocycles. The lowest BCUT2D eigenvalue weighted by atomic mass is 9.97. The van der Waals surface area contributed by atoms with E-state index in [4.69, 9.17) is 5.84 Å². The maximum Gasteiger partial charge on any atom is 0.180 e. The quantitative estimate of drug-likeness (QED) is 0.455.